The van der Waals surface area contributed by atoms with Gasteiger partial charge in [0.2, 0.25) is 0 Å². The molecule has 220 valence electrons. The van der Waals surface area contributed by atoms with Crippen molar-refractivity contribution in [2.45, 2.75) is 122 Å². The van der Waals surface area contributed by atoms with Gasteiger partial charge in [0.25, 0.3) is 0 Å². The molecule has 2 aromatic rings. The molecule has 0 aliphatic heterocycles. The van der Waals surface area contributed by atoms with Gasteiger partial charge in [0.15, 0.2) is 0 Å². The number of ether oxygens (including phenoxy) is 1. The largest absolute Gasteiger partial charge is 0.359 e. The monoisotopic (exact) mass is 614 g/mol. The molecule has 0 heterocycles. The van der Waals surface area contributed by atoms with E-state index in [1.807, 2.05) is 0 Å². The molecule has 8 saturated carbocycles. The molecule has 8 fully saturated rings. The number of hydrogen-bond donors (Lipinski definition) is 0. The maximum Gasteiger partial charge on any atom is 0.120 e. The Morgan fingerprint density at radius 1 is 0.610 bits per heavy atom. The summed E-state index contributed by atoms with van der Waals surface area (Å²) in [4.78, 5) is 0. The van der Waals surface area contributed by atoms with Crippen molar-refractivity contribution in [1.82, 2.24) is 0 Å². The Hall–Kier alpha value is -1.12. The van der Waals surface area contributed by atoms with Crippen LogP contribution in [0.5, 0.6) is 0 Å². The summed E-state index contributed by atoms with van der Waals surface area (Å²) in [7, 11) is 0. The molecule has 0 spiro atoms. The lowest BCUT2D eigenvalue weighted by atomic mass is 9.28. The second-order valence-electron chi connectivity index (χ2n) is 18.2. The van der Waals surface area contributed by atoms with Crippen molar-refractivity contribution in [2.24, 2.45) is 38.4 Å². The van der Waals surface area contributed by atoms with Gasteiger partial charge in [0.05, 0.1) is 5.60 Å². The Morgan fingerprint density at radius 3 is 1.59 bits per heavy atom. The summed E-state index contributed by atoms with van der Waals surface area (Å²) in [5.41, 5.74) is 4.92. The summed E-state index contributed by atoms with van der Waals surface area (Å²) in [6.07, 6.45) is 17.9. The highest BCUT2D eigenvalue weighted by Gasteiger charge is 2.75. The van der Waals surface area contributed by atoms with Gasteiger partial charge in [-0.2, -0.15) is 0 Å². The first kappa shape index (κ1) is 27.4. The summed E-state index contributed by atoms with van der Waals surface area (Å²) >= 11 is 3.90. The van der Waals surface area contributed by atoms with E-state index in [-0.39, 0.29) is 5.60 Å². The Bertz CT molecular complexity index is 1250. The van der Waals surface area contributed by atoms with Crippen molar-refractivity contribution in [3.63, 3.8) is 0 Å². The number of benzene rings is 2. The quantitative estimate of drug-likeness (QED) is 0.282. The summed E-state index contributed by atoms with van der Waals surface area (Å²) < 4.78 is 8.09. The summed E-state index contributed by atoms with van der Waals surface area (Å²) in [6, 6.07) is 22.5. The van der Waals surface area contributed by atoms with E-state index in [0.29, 0.717) is 32.5 Å². The van der Waals surface area contributed by atoms with Gasteiger partial charge in [0, 0.05) is 5.33 Å². The zero-order valence-corrected chi connectivity index (χ0v) is 27.6. The highest BCUT2D eigenvalue weighted by atomic mass is 79.9. The fourth-order valence-corrected chi connectivity index (χ4v) is 15.4. The molecule has 2 aromatic carbocycles. The third kappa shape index (κ3) is 4.01. The lowest BCUT2D eigenvalue weighted by Crippen LogP contribution is -2.71. The van der Waals surface area contributed by atoms with Crippen LogP contribution in [0.15, 0.2) is 60.7 Å². The van der Waals surface area contributed by atoms with Gasteiger partial charge in [-0.1, -0.05) is 104 Å². The third-order valence-electron chi connectivity index (χ3n) is 13.6. The van der Waals surface area contributed by atoms with E-state index in [4.69, 9.17) is 4.74 Å². The zero-order valence-electron chi connectivity index (χ0n) is 26.0. The first-order valence-corrected chi connectivity index (χ1v) is 17.9. The van der Waals surface area contributed by atoms with Crippen molar-refractivity contribution in [3.05, 3.63) is 71.8 Å². The van der Waals surface area contributed by atoms with Crippen molar-refractivity contribution in [2.75, 3.05) is 5.33 Å². The van der Waals surface area contributed by atoms with Crippen LogP contribution in [0.2, 0.25) is 0 Å². The first-order chi connectivity index (χ1) is 19.4. The molecular formula is C39H51BrO. The van der Waals surface area contributed by atoms with E-state index in [2.05, 4.69) is 104 Å². The van der Waals surface area contributed by atoms with Gasteiger partial charge in [0.1, 0.15) is 5.60 Å². The second-order valence-corrected chi connectivity index (χ2v) is 18.9. The van der Waals surface area contributed by atoms with Crippen LogP contribution in [0, 0.1) is 38.4 Å². The topological polar surface area (TPSA) is 9.23 Å². The van der Waals surface area contributed by atoms with Gasteiger partial charge < -0.3 is 4.74 Å². The van der Waals surface area contributed by atoms with E-state index in [9.17, 15) is 0 Å². The average molecular weight is 616 g/mol. The van der Waals surface area contributed by atoms with E-state index in [1.54, 1.807) is 0 Å². The summed E-state index contributed by atoms with van der Waals surface area (Å²) in [6.45, 7) is 10.7. The number of halogens is 1. The van der Waals surface area contributed by atoms with Crippen LogP contribution in [0.3, 0.4) is 0 Å². The summed E-state index contributed by atoms with van der Waals surface area (Å²) in [5, 5.41) is 0.925. The maximum atomic E-state index is 8.09. The number of alkyl halides is 1. The van der Waals surface area contributed by atoms with Crippen molar-refractivity contribution < 1.29 is 4.74 Å². The zero-order chi connectivity index (χ0) is 28.4. The predicted molar refractivity (Wildman–Crippen MR) is 172 cm³/mol. The smallest absolute Gasteiger partial charge is 0.120 e. The minimum Gasteiger partial charge on any atom is -0.359 e. The molecule has 0 aromatic heterocycles. The third-order valence-corrected chi connectivity index (χ3v) is 14.0. The fraction of sp³-hybridized carbons (Fsp3) is 0.692. The van der Waals surface area contributed by atoms with Gasteiger partial charge in [-0.25, -0.2) is 0 Å². The van der Waals surface area contributed by atoms with Crippen molar-refractivity contribution in [3.8, 4) is 0 Å². The minimum atomic E-state index is -0.439. The summed E-state index contributed by atoms with van der Waals surface area (Å²) in [5.74, 6) is 0.952. The van der Waals surface area contributed by atoms with Crippen LogP contribution in [-0.4, -0.2) is 10.9 Å². The molecule has 4 unspecified atom stereocenters. The van der Waals surface area contributed by atoms with E-state index >= 15 is 0 Å². The lowest BCUT2D eigenvalue weighted by Gasteiger charge is -2.78. The van der Waals surface area contributed by atoms with Crippen LogP contribution in [0.4, 0.5) is 0 Å². The Morgan fingerprint density at radius 2 is 1.10 bits per heavy atom. The molecule has 8 aliphatic carbocycles. The van der Waals surface area contributed by atoms with Gasteiger partial charge in [-0.15, -0.1) is 0 Å². The number of rotatable bonds is 7. The highest BCUT2D eigenvalue weighted by molar-refractivity contribution is 9.09. The van der Waals surface area contributed by atoms with Crippen LogP contribution in [0.1, 0.15) is 122 Å². The first-order valence-electron chi connectivity index (χ1n) is 16.7. The van der Waals surface area contributed by atoms with Crippen LogP contribution in [-0.2, 0) is 10.3 Å². The molecule has 8 bridgehead atoms. The molecule has 0 saturated heterocycles. The molecule has 0 amide bonds. The van der Waals surface area contributed by atoms with E-state index in [0.717, 1.165) is 17.7 Å². The molecule has 0 N–H and O–H groups in total. The molecule has 10 rings (SSSR count). The minimum absolute atomic E-state index is 0.0722. The molecular weight excluding hydrogens is 564 g/mol. The highest BCUT2D eigenvalue weighted by Crippen LogP contribution is 2.83. The van der Waals surface area contributed by atoms with Crippen LogP contribution < -0.4 is 0 Å². The van der Waals surface area contributed by atoms with Crippen molar-refractivity contribution >= 4 is 15.9 Å². The Kier molecular flexibility index (Phi) is 5.71. The van der Waals surface area contributed by atoms with Crippen LogP contribution in [0.25, 0.3) is 0 Å². The standard InChI is InChI=1S/C39H51BrO/c1-32-17-29-18-33(2,20-32)23-36(19-29,22-32)37-24-34(3)21-35(4,25-37)27-38(26-34,28-37)41-39(15-16-40,30-11-7-5-8-12-30)31-13-9-6-10-14-31/h5-14,29H,15-28H2,1-4H3. The molecule has 0 radical (unpaired) electrons. The predicted octanol–water partition coefficient (Wildman–Crippen LogP) is 10.8. The van der Waals surface area contributed by atoms with E-state index in [1.165, 1.54) is 88.2 Å². The number of hydrogen-bond acceptors (Lipinski definition) is 1. The van der Waals surface area contributed by atoms with Gasteiger partial charge >= 0.3 is 0 Å². The van der Waals surface area contributed by atoms with Gasteiger partial charge in [-0.05, 0) is 133 Å². The Labute approximate surface area is 257 Å². The maximum absolute atomic E-state index is 8.09. The van der Waals surface area contributed by atoms with Crippen LogP contribution >= 0.6 is 15.9 Å². The molecule has 2 heteroatoms. The Balaban J connectivity index is 1.28. The van der Waals surface area contributed by atoms with E-state index < -0.39 is 5.60 Å². The second kappa shape index (κ2) is 8.53. The fourth-order valence-electron chi connectivity index (χ4n) is 14.8. The molecule has 4 atom stereocenters. The van der Waals surface area contributed by atoms with Gasteiger partial charge in [-0.3, -0.25) is 0 Å². The van der Waals surface area contributed by atoms with Crippen molar-refractivity contribution in [1.29, 1.82) is 0 Å². The normalized spacial score (nSPS) is 47.7. The molecule has 1 nitrogen and oxygen atoms in total. The SMILES string of the molecule is CC12CC3CC(C)(C1)CC(C14CC5(C)CC(C)(CC(OC(CCBr)(c6ccccc6)c6ccccc6)(C5)C1)C4)(C3)C2. The molecule has 8 aliphatic rings. The molecule has 41 heavy (non-hydrogen) atoms. The lowest BCUT2D eigenvalue weighted by molar-refractivity contribution is -0.322. The average Bonchev–Trinajstić information content (AvgIpc) is 2.85.